The van der Waals surface area contributed by atoms with Gasteiger partial charge in [-0.1, -0.05) is 12.1 Å². The lowest BCUT2D eigenvalue weighted by molar-refractivity contribution is 0.110. The Morgan fingerprint density at radius 2 is 2.12 bits per heavy atom. The van der Waals surface area contributed by atoms with Gasteiger partial charge in [0.2, 0.25) is 0 Å². The second-order valence-corrected chi connectivity index (χ2v) is 5.86. The molecule has 1 saturated heterocycles. The summed E-state index contributed by atoms with van der Waals surface area (Å²) in [6, 6.07) is 13.2. The van der Waals surface area contributed by atoms with Crippen LogP contribution in [0.4, 0.5) is 10.5 Å². The molecule has 0 unspecified atom stereocenters. The molecule has 1 N–H and O–H groups in total. The van der Waals surface area contributed by atoms with Gasteiger partial charge in [0.1, 0.15) is 12.4 Å². The number of nitrogens with one attached hydrogen (secondary N) is 1. The Kier molecular flexibility index (Phi) is 5.85. The SMILES string of the molecule is CCOCCOc1cccc(NC(=O)N2CC(c3ccccn3)C2)c1. The smallest absolute Gasteiger partial charge is 0.321 e. The van der Waals surface area contributed by atoms with E-state index in [-0.39, 0.29) is 6.03 Å². The van der Waals surface area contributed by atoms with Gasteiger partial charge < -0.3 is 19.7 Å². The summed E-state index contributed by atoms with van der Waals surface area (Å²) in [5, 5.41) is 2.91. The molecule has 0 atom stereocenters. The fourth-order valence-electron chi connectivity index (χ4n) is 2.68. The van der Waals surface area contributed by atoms with Crippen LogP contribution in [0.1, 0.15) is 18.5 Å². The minimum Gasteiger partial charge on any atom is -0.491 e. The van der Waals surface area contributed by atoms with Gasteiger partial charge in [-0.05, 0) is 31.2 Å². The summed E-state index contributed by atoms with van der Waals surface area (Å²) in [5.74, 6) is 1.03. The molecular weight excluding hydrogens is 318 g/mol. The first-order valence-corrected chi connectivity index (χ1v) is 8.53. The Hall–Kier alpha value is -2.60. The van der Waals surface area contributed by atoms with Crippen molar-refractivity contribution in [3.8, 4) is 5.75 Å². The number of carbonyl (C=O) groups is 1. The van der Waals surface area contributed by atoms with Crippen LogP contribution in [-0.4, -0.2) is 48.8 Å². The van der Waals surface area contributed by atoms with E-state index in [4.69, 9.17) is 9.47 Å². The quantitative estimate of drug-likeness (QED) is 0.786. The van der Waals surface area contributed by atoms with E-state index in [0.717, 1.165) is 11.4 Å². The van der Waals surface area contributed by atoms with Crippen molar-refractivity contribution in [2.75, 3.05) is 38.2 Å². The third-order valence-corrected chi connectivity index (χ3v) is 4.06. The Labute approximate surface area is 147 Å². The maximum absolute atomic E-state index is 12.3. The van der Waals surface area contributed by atoms with Gasteiger partial charge in [0.15, 0.2) is 0 Å². The average Bonchev–Trinajstić information content (AvgIpc) is 2.59. The number of amides is 2. The molecule has 1 aromatic carbocycles. The van der Waals surface area contributed by atoms with Gasteiger partial charge in [0.25, 0.3) is 0 Å². The zero-order valence-corrected chi connectivity index (χ0v) is 14.4. The maximum atomic E-state index is 12.3. The fraction of sp³-hybridized carbons (Fsp3) is 0.368. The summed E-state index contributed by atoms with van der Waals surface area (Å²) in [6.45, 7) is 5.04. The van der Waals surface area contributed by atoms with Crippen molar-refractivity contribution in [1.82, 2.24) is 9.88 Å². The number of urea groups is 1. The Morgan fingerprint density at radius 1 is 1.24 bits per heavy atom. The minimum absolute atomic E-state index is 0.0985. The predicted molar refractivity (Wildman–Crippen MR) is 96.0 cm³/mol. The molecule has 1 aliphatic heterocycles. The van der Waals surface area contributed by atoms with Crippen LogP contribution < -0.4 is 10.1 Å². The van der Waals surface area contributed by atoms with E-state index >= 15 is 0 Å². The second kappa shape index (κ2) is 8.48. The van der Waals surface area contributed by atoms with Gasteiger partial charge in [-0.25, -0.2) is 4.79 Å². The third kappa shape index (κ3) is 4.70. The Balaban J connectivity index is 1.47. The number of hydrogen-bond donors (Lipinski definition) is 1. The Morgan fingerprint density at radius 3 is 2.88 bits per heavy atom. The molecule has 2 aromatic rings. The molecule has 6 heteroatoms. The predicted octanol–water partition coefficient (Wildman–Crippen LogP) is 3.13. The van der Waals surface area contributed by atoms with Crippen LogP contribution in [-0.2, 0) is 4.74 Å². The highest BCUT2D eigenvalue weighted by Gasteiger charge is 2.32. The molecule has 3 rings (SSSR count). The third-order valence-electron chi connectivity index (χ3n) is 4.06. The summed E-state index contributed by atoms with van der Waals surface area (Å²) in [5.41, 5.74) is 1.76. The molecule has 1 aliphatic rings. The van der Waals surface area contributed by atoms with E-state index in [2.05, 4.69) is 10.3 Å². The fourth-order valence-corrected chi connectivity index (χ4v) is 2.68. The van der Waals surface area contributed by atoms with Gasteiger partial charge >= 0.3 is 6.03 Å². The van der Waals surface area contributed by atoms with Crippen LogP contribution in [0.2, 0.25) is 0 Å². The number of aromatic nitrogens is 1. The largest absolute Gasteiger partial charge is 0.491 e. The number of hydrogen-bond acceptors (Lipinski definition) is 4. The molecule has 132 valence electrons. The van der Waals surface area contributed by atoms with Crippen molar-refractivity contribution >= 4 is 11.7 Å². The molecule has 6 nitrogen and oxygen atoms in total. The highest BCUT2D eigenvalue weighted by molar-refractivity contribution is 5.90. The van der Waals surface area contributed by atoms with Crippen LogP contribution in [0, 0.1) is 0 Å². The molecule has 0 spiro atoms. The minimum atomic E-state index is -0.0985. The maximum Gasteiger partial charge on any atom is 0.321 e. The van der Waals surface area contributed by atoms with Gasteiger partial charge in [-0.15, -0.1) is 0 Å². The van der Waals surface area contributed by atoms with E-state index in [1.54, 1.807) is 11.1 Å². The average molecular weight is 341 g/mol. The monoisotopic (exact) mass is 341 g/mol. The van der Waals surface area contributed by atoms with Crippen LogP contribution >= 0.6 is 0 Å². The normalized spacial score (nSPS) is 14.0. The van der Waals surface area contributed by atoms with Gasteiger partial charge in [-0.2, -0.15) is 0 Å². The number of anilines is 1. The number of pyridine rings is 1. The van der Waals surface area contributed by atoms with Crippen LogP contribution in [0.25, 0.3) is 0 Å². The van der Waals surface area contributed by atoms with Crippen molar-refractivity contribution in [3.63, 3.8) is 0 Å². The highest BCUT2D eigenvalue weighted by atomic mass is 16.5. The molecule has 0 aliphatic carbocycles. The molecule has 0 saturated carbocycles. The number of nitrogens with zero attached hydrogens (tertiary/aromatic N) is 2. The van der Waals surface area contributed by atoms with E-state index in [1.165, 1.54) is 0 Å². The first kappa shape index (κ1) is 17.2. The summed E-state index contributed by atoms with van der Waals surface area (Å²) in [7, 11) is 0. The van der Waals surface area contributed by atoms with Gasteiger partial charge in [0.05, 0.1) is 6.61 Å². The summed E-state index contributed by atoms with van der Waals surface area (Å²) >= 11 is 0. The summed E-state index contributed by atoms with van der Waals surface area (Å²) in [4.78, 5) is 18.4. The van der Waals surface area contributed by atoms with Crippen LogP contribution in [0.3, 0.4) is 0 Å². The molecule has 1 fully saturated rings. The number of benzene rings is 1. The lowest BCUT2D eigenvalue weighted by Crippen LogP contribution is -2.50. The summed E-state index contributed by atoms with van der Waals surface area (Å²) in [6.07, 6.45) is 1.79. The van der Waals surface area contributed by atoms with Crippen molar-refractivity contribution < 1.29 is 14.3 Å². The lowest BCUT2D eigenvalue weighted by Gasteiger charge is -2.38. The number of rotatable bonds is 7. The van der Waals surface area contributed by atoms with Crippen molar-refractivity contribution in [1.29, 1.82) is 0 Å². The zero-order valence-electron chi connectivity index (χ0n) is 14.4. The molecule has 0 bridgehead atoms. The highest BCUT2D eigenvalue weighted by Crippen LogP contribution is 2.26. The van der Waals surface area contributed by atoms with E-state index < -0.39 is 0 Å². The Bertz CT molecular complexity index is 687. The first-order valence-electron chi connectivity index (χ1n) is 8.53. The van der Waals surface area contributed by atoms with E-state index in [1.807, 2.05) is 49.4 Å². The molecule has 2 amide bonds. The van der Waals surface area contributed by atoms with Crippen LogP contribution in [0.5, 0.6) is 5.75 Å². The second-order valence-electron chi connectivity index (χ2n) is 5.86. The molecular formula is C19H23N3O3. The number of ether oxygens (including phenoxy) is 2. The van der Waals surface area contributed by atoms with Gasteiger partial charge in [0, 0.05) is 49.3 Å². The zero-order chi connectivity index (χ0) is 17.5. The van der Waals surface area contributed by atoms with E-state index in [9.17, 15) is 4.79 Å². The van der Waals surface area contributed by atoms with E-state index in [0.29, 0.717) is 44.6 Å². The topological polar surface area (TPSA) is 63.7 Å². The molecule has 1 aromatic heterocycles. The van der Waals surface area contributed by atoms with Crippen molar-refractivity contribution in [2.24, 2.45) is 0 Å². The van der Waals surface area contributed by atoms with Gasteiger partial charge in [-0.3, -0.25) is 4.98 Å². The standard InChI is InChI=1S/C19H23N3O3/c1-2-24-10-11-25-17-7-5-6-16(12-17)21-19(23)22-13-15(14-22)18-8-3-4-9-20-18/h3-9,12,15H,2,10-11,13-14H2,1H3,(H,21,23). The molecule has 25 heavy (non-hydrogen) atoms. The number of likely N-dealkylation sites (tertiary alicyclic amines) is 1. The lowest BCUT2D eigenvalue weighted by atomic mass is 9.96. The first-order chi connectivity index (χ1) is 12.3. The molecule has 0 radical (unpaired) electrons. The van der Waals surface area contributed by atoms with Crippen molar-refractivity contribution in [2.45, 2.75) is 12.8 Å². The molecule has 2 heterocycles. The number of carbonyl (C=O) groups excluding carboxylic acids is 1. The van der Waals surface area contributed by atoms with Crippen LogP contribution in [0.15, 0.2) is 48.7 Å². The van der Waals surface area contributed by atoms with Crippen molar-refractivity contribution in [3.05, 3.63) is 54.4 Å². The summed E-state index contributed by atoms with van der Waals surface area (Å²) < 4.78 is 10.9.